The highest BCUT2D eigenvalue weighted by Crippen LogP contribution is 2.34. The number of anilines is 3. The molecule has 3 aromatic heterocycles. The molecule has 0 radical (unpaired) electrons. The molecule has 4 aromatic rings. The van der Waals surface area contributed by atoms with E-state index in [-0.39, 0.29) is 12.0 Å². The van der Waals surface area contributed by atoms with Gasteiger partial charge in [-0.2, -0.15) is 0 Å². The van der Waals surface area contributed by atoms with Gasteiger partial charge in [-0.1, -0.05) is 25.1 Å². The summed E-state index contributed by atoms with van der Waals surface area (Å²) in [5.74, 6) is 0.559. The first-order valence-electron chi connectivity index (χ1n) is 11.7. The van der Waals surface area contributed by atoms with Crippen LogP contribution in [-0.4, -0.2) is 45.3 Å². The Morgan fingerprint density at radius 2 is 2.00 bits per heavy atom. The van der Waals surface area contributed by atoms with Crippen LogP contribution in [0.15, 0.2) is 55.2 Å². The van der Waals surface area contributed by atoms with Crippen molar-refractivity contribution < 1.29 is 13.2 Å². The molecule has 182 valence electrons. The van der Waals surface area contributed by atoms with E-state index in [9.17, 15) is 8.42 Å². The van der Waals surface area contributed by atoms with Crippen LogP contribution in [0.1, 0.15) is 38.8 Å². The molecule has 1 saturated heterocycles. The van der Waals surface area contributed by atoms with Crippen molar-refractivity contribution in [3.05, 3.63) is 55.2 Å². The molecule has 4 heterocycles. The molecular formula is C24H27N7O3S. The largest absolute Gasteiger partial charge is 0.358 e. The predicted octanol–water partition coefficient (Wildman–Crippen LogP) is 4.48. The lowest BCUT2D eigenvalue weighted by Gasteiger charge is -2.23. The smallest absolute Gasteiger partial charge is 0.232 e. The van der Waals surface area contributed by atoms with E-state index >= 15 is 0 Å². The average Bonchev–Trinajstić information content (AvgIpc) is 3.29. The fraction of sp³-hybridized carbons (Fsp3) is 0.333. The number of nitrogens with zero attached hydrogens (tertiary/aromatic N) is 5. The fourth-order valence-electron chi connectivity index (χ4n) is 4.20. The molecule has 0 aliphatic carbocycles. The van der Waals surface area contributed by atoms with Crippen LogP contribution in [0.2, 0.25) is 0 Å². The Kier molecular flexibility index (Phi) is 6.60. The summed E-state index contributed by atoms with van der Waals surface area (Å²) in [7, 11) is -3.40. The summed E-state index contributed by atoms with van der Waals surface area (Å²) >= 11 is 0. The maximum Gasteiger partial charge on any atom is 0.232 e. The molecule has 1 atom stereocenters. The SMILES string of the molecule is CCCS(=O)(=O)Nc1ccnc(Nc2ccccc2-c2ncnc3c2ncn3C2CCCCO2)c1. The van der Waals surface area contributed by atoms with E-state index in [1.54, 1.807) is 24.7 Å². The zero-order valence-electron chi connectivity index (χ0n) is 19.4. The number of fused-ring (bicyclic) bond motifs is 1. The Balaban J connectivity index is 1.47. The Bertz CT molecular complexity index is 1430. The summed E-state index contributed by atoms with van der Waals surface area (Å²) in [5.41, 5.74) is 4.13. The summed E-state index contributed by atoms with van der Waals surface area (Å²) in [6.07, 6.45) is 8.42. The highest BCUT2D eigenvalue weighted by Gasteiger charge is 2.21. The van der Waals surface area contributed by atoms with Gasteiger partial charge in [0, 0.05) is 30.1 Å². The van der Waals surface area contributed by atoms with E-state index in [0.717, 1.165) is 42.8 Å². The molecule has 1 aliphatic rings. The first-order chi connectivity index (χ1) is 17.0. The number of ether oxygens (including phenoxy) is 1. The standard InChI is InChI=1S/C24H27N7O3S/c1-2-13-35(32,33)30-17-10-11-25-20(14-17)29-19-8-4-3-7-18(19)22-23-24(27-15-26-22)31(16-28-23)21-9-5-6-12-34-21/h3-4,7-8,10-11,14-16,21H,2,5-6,9,12-13H2,1H3,(H2,25,29,30). The first kappa shape index (κ1) is 23.2. The van der Waals surface area contributed by atoms with E-state index in [4.69, 9.17) is 4.74 Å². The van der Waals surface area contributed by atoms with E-state index in [0.29, 0.717) is 29.1 Å². The second kappa shape index (κ2) is 9.96. The summed E-state index contributed by atoms with van der Waals surface area (Å²) in [4.78, 5) is 18.0. The van der Waals surface area contributed by atoms with Crippen LogP contribution in [0.5, 0.6) is 0 Å². The van der Waals surface area contributed by atoms with Crippen LogP contribution in [0.4, 0.5) is 17.2 Å². The number of pyridine rings is 1. The number of aromatic nitrogens is 5. The lowest BCUT2D eigenvalue weighted by atomic mass is 10.1. The Labute approximate surface area is 203 Å². The van der Waals surface area contributed by atoms with Gasteiger partial charge in [-0.3, -0.25) is 9.29 Å². The normalized spacial score (nSPS) is 16.3. The number of imidazole rings is 1. The van der Waals surface area contributed by atoms with Gasteiger partial charge >= 0.3 is 0 Å². The number of nitrogens with one attached hydrogen (secondary N) is 2. The molecule has 1 aromatic carbocycles. The minimum atomic E-state index is -3.40. The minimum Gasteiger partial charge on any atom is -0.358 e. The van der Waals surface area contributed by atoms with Crippen LogP contribution in [-0.2, 0) is 14.8 Å². The fourth-order valence-corrected chi connectivity index (χ4v) is 5.33. The van der Waals surface area contributed by atoms with Crippen molar-refractivity contribution in [1.82, 2.24) is 24.5 Å². The van der Waals surface area contributed by atoms with E-state index in [2.05, 4.69) is 30.0 Å². The molecule has 1 aliphatic heterocycles. The molecule has 0 saturated carbocycles. The predicted molar refractivity (Wildman–Crippen MR) is 135 cm³/mol. The number of benzene rings is 1. The van der Waals surface area contributed by atoms with Gasteiger partial charge in [-0.05, 0) is 37.8 Å². The summed E-state index contributed by atoms with van der Waals surface area (Å²) in [5, 5.41) is 3.30. The van der Waals surface area contributed by atoms with Crippen molar-refractivity contribution >= 4 is 38.4 Å². The van der Waals surface area contributed by atoms with E-state index in [1.807, 2.05) is 35.8 Å². The number of rotatable bonds is 8. The van der Waals surface area contributed by atoms with Gasteiger partial charge in [0.1, 0.15) is 29.6 Å². The monoisotopic (exact) mass is 493 g/mol. The molecule has 0 spiro atoms. The molecule has 5 rings (SSSR count). The molecule has 1 unspecified atom stereocenters. The maximum absolute atomic E-state index is 12.2. The molecule has 0 bridgehead atoms. The minimum absolute atomic E-state index is 0.0587. The summed E-state index contributed by atoms with van der Waals surface area (Å²) < 4.78 is 34.8. The Hall–Kier alpha value is -3.57. The second-order valence-electron chi connectivity index (χ2n) is 8.39. The summed E-state index contributed by atoms with van der Waals surface area (Å²) in [6.45, 7) is 2.56. The van der Waals surface area contributed by atoms with Crippen molar-refractivity contribution in [3.63, 3.8) is 0 Å². The molecule has 2 N–H and O–H groups in total. The van der Waals surface area contributed by atoms with Gasteiger partial charge in [-0.25, -0.2) is 28.4 Å². The lowest BCUT2D eigenvalue weighted by Crippen LogP contribution is -2.17. The van der Waals surface area contributed by atoms with Gasteiger partial charge in [0.05, 0.1) is 17.8 Å². The molecular weight excluding hydrogens is 466 g/mol. The summed E-state index contributed by atoms with van der Waals surface area (Å²) in [6, 6.07) is 11.0. The van der Waals surface area contributed by atoms with Crippen LogP contribution >= 0.6 is 0 Å². The quantitative estimate of drug-likeness (QED) is 0.368. The van der Waals surface area contributed by atoms with Crippen molar-refractivity contribution in [2.75, 3.05) is 22.4 Å². The van der Waals surface area contributed by atoms with Crippen LogP contribution in [0.3, 0.4) is 0 Å². The molecule has 0 amide bonds. The highest BCUT2D eigenvalue weighted by molar-refractivity contribution is 7.92. The van der Waals surface area contributed by atoms with Crippen LogP contribution < -0.4 is 10.0 Å². The number of hydrogen-bond acceptors (Lipinski definition) is 8. The Morgan fingerprint density at radius 1 is 1.11 bits per heavy atom. The van der Waals surface area contributed by atoms with Crippen molar-refractivity contribution in [3.8, 4) is 11.3 Å². The topological polar surface area (TPSA) is 124 Å². The average molecular weight is 494 g/mol. The van der Waals surface area contributed by atoms with Gasteiger partial charge in [0.15, 0.2) is 5.65 Å². The zero-order valence-corrected chi connectivity index (χ0v) is 20.2. The molecule has 11 heteroatoms. The Morgan fingerprint density at radius 3 is 2.83 bits per heavy atom. The van der Waals surface area contributed by atoms with Gasteiger partial charge < -0.3 is 10.1 Å². The zero-order chi connectivity index (χ0) is 24.3. The number of sulfonamides is 1. The molecule has 10 nitrogen and oxygen atoms in total. The van der Waals surface area contributed by atoms with Gasteiger partial charge in [-0.15, -0.1) is 0 Å². The molecule has 1 fully saturated rings. The maximum atomic E-state index is 12.2. The number of para-hydroxylation sites is 1. The number of hydrogen-bond donors (Lipinski definition) is 2. The van der Waals surface area contributed by atoms with E-state index in [1.165, 1.54) is 6.33 Å². The third-order valence-corrected chi connectivity index (χ3v) is 7.27. The van der Waals surface area contributed by atoms with Gasteiger partial charge in [0.2, 0.25) is 10.0 Å². The molecule has 35 heavy (non-hydrogen) atoms. The van der Waals surface area contributed by atoms with E-state index < -0.39 is 10.0 Å². The van der Waals surface area contributed by atoms with Gasteiger partial charge in [0.25, 0.3) is 0 Å². The van der Waals surface area contributed by atoms with Crippen molar-refractivity contribution in [2.24, 2.45) is 0 Å². The second-order valence-corrected chi connectivity index (χ2v) is 10.2. The highest BCUT2D eigenvalue weighted by atomic mass is 32.2. The third kappa shape index (κ3) is 5.10. The lowest BCUT2D eigenvalue weighted by molar-refractivity contribution is -0.0298. The first-order valence-corrected chi connectivity index (χ1v) is 13.3. The van der Waals surface area contributed by atoms with Crippen molar-refractivity contribution in [2.45, 2.75) is 38.8 Å². The van der Waals surface area contributed by atoms with Crippen LogP contribution in [0, 0.1) is 0 Å². The van der Waals surface area contributed by atoms with Crippen LogP contribution in [0.25, 0.3) is 22.4 Å². The van der Waals surface area contributed by atoms with Crippen molar-refractivity contribution in [1.29, 1.82) is 0 Å². The third-order valence-electron chi connectivity index (χ3n) is 5.78.